The Labute approximate surface area is 209 Å². The molecule has 8 nitrogen and oxygen atoms in total. The summed E-state index contributed by atoms with van der Waals surface area (Å²) in [4.78, 5) is 40.3. The number of carbonyl (C=O) groups excluding carboxylic acids is 3. The average molecular weight is 492 g/mol. The molecule has 36 heavy (non-hydrogen) atoms. The van der Waals surface area contributed by atoms with Gasteiger partial charge in [-0.1, -0.05) is 49.6 Å². The van der Waals surface area contributed by atoms with Gasteiger partial charge in [0.2, 0.25) is 5.91 Å². The molecule has 0 aliphatic carbocycles. The van der Waals surface area contributed by atoms with Gasteiger partial charge in [-0.05, 0) is 57.0 Å². The van der Waals surface area contributed by atoms with Gasteiger partial charge in [0.15, 0.2) is 0 Å². The van der Waals surface area contributed by atoms with Crippen molar-refractivity contribution >= 4 is 23.5 Å². The normalized spacial score (nSPS) is 17.4. The van der Waals surface area contributed by atoms with Gasteiger partial charge in [0.05, 0.1) is 22.8 Å². The number of hydrogen-bond acceptors (Lipinski definition) is 4. The van der Waals surface area contributed by atoms with E-state index in [0.717, 1.165) is 28.3 Å². The lowest BCUT2D eigenvalue weighted by molar-refractivity contribution is -0.134. The van der Waals surface area contributed by atoms with E-state index in [1.54, 1.807) is 11.6 Å². The van der Waals surface area contributed by atoms with Gasteiger partial charge in [0, 0.05) is 0 Å². The van der Waals surface area contributed by atoms with Gasteiger partial charge in [0.1, 0.15) is 17.9 Å². The number of carbonyl (C=O) groups is 3. The van der Waals surface area contributed by atoms with Crippen LogP contribution in [-0.4, -0.2) is 39.1 Å². The zero-order valence-electron chi connectivity index (χ0n) is 20.9. The van der Waals surface area contributed by atoms with Crippen LogP contribution in [0.1, 0.15) is 48.7 Å². The summed E-state index contributed by atoms with van der Waals surface area (Å²) < 4.78 is 15.3. The van der Waals surface area contributed by atoms with Gasteiger partial charge in [-0.2, -0.15) is 5.10 Å². The summed E-state index contributed by atoms with van der Waals surface area (Å²) in [6.45, 7) is 7.15. The highest BCUT2D eigenvalue weighted by atomic mass is 19.1. The lowest BCUT2D eigenvalue weighted by atomic mass is 9.85. The minimum Gasteiger partial charge on any atom is -0.321 e. The summed E-state index contributed by atoms with van der Waals surface area (Å²) in [7, 11) is 0. The van der Waals surface area contributed by atoms with Crippen LogP contribution >= 0.6 is 0 Å². The molecule has 1 unspecified atom stereocenters. The van der Waals surface area contributed by atoms with E-state index in [9.17, 15) is 18.8 Å². The fourth-order valence-corrected chi connectivity index (χ4v) is 4.54. The molecule has 0 spiro atoms. The molecule has 0 bridgehead atoms. The largest absolute Gasteiger partial charge is 0.325 e. The topological polar surface area (TPSA) is 96.3 Å². The maximum atomic E-state index is 13.5. The Hall–Kier alpha value is -4.01. The predicted octanol–water partition coefficient (Wildman–Crippen LogP) is 4.51. The SMILES string of the molecule is CCCCC1(c2ccc(F)cc2)NC(=O)N(CC(=O)Nc2c(C)nn(-c3ccc(C)cc3)c2C)C1=O. The van der Waals surface area contributed by atoms with Crippen molar-refractivity contribution in [1.29, 1.82) is 0 Å². The first-order valence-corrected chi connectivity index (χ1v) is 12.0. The van der Waals surface area contributed by atoms with E-state index in [1.807, 2.05) is 45.0 Å². The van der Waals surface area contributed by atoms with E-state index in [1.165, 1.54) is 24.3 Å². The zero-order chi connectivity index (χ0) is 26.0. The molecule has 1 atom stereocenters. The number of aryl methyl sites for hydroxylation is 2. The molecule has 4 rings (SSSR count). The lowest BCUT2D eigenvalue weighted by Gasteiger charge is -2.27. The summed E-state index contributed by atoms with van der Waals surface area (Å²) in [5, 5.41) is 10.1. The molecule has 3 aromatic rings. The van der Waals surface area contributed by atoms with Gasteiger partial charge in [-0.3, -0.25) is 14.5 Å². The molecule has 1 saturated heterocycles. The third-order valence-corrected chi connectivity index (χ3v) is 6.55. The number of amides is 4. The van der Waals surface area contributed by atoms with E-state index >= 15 is 0 Å². The second-order valence-electron chi connectivity index (χ2n) is 9.18. The van der Waals surface area contributed by atoms with Crippen molar-refractivity contribution in [1.82, 2.24) is 20.0 Å². The Balaban J connectivity index is 1.55. The summed E-state index contributed by atoms with van der Waals surface area (Å²) in [5.74, 6) is -1.47. The van der Waals surface area contributed by atoms with Crippen molar-refractivity contribution in [3.63, 3.8) is 0 Å². The second kappa shape index (κ2) is 9.93. The van der Waals surface area contributed by atoms with Crippen LogP contribution in [0.15, 0.2) is 48.5 Å². The van der Waals surface area contributed by atoms with Crippen molar-refractivity contribution < 1.29 is 18.8 Å². The molecule has 2 N–H and O–H groups in total. The molecule has 1 aliphatic rings. The molecular weight excluding hydrogens is 461 g/mol. The highest BCUT2D eigenvalue weighted by Crippen LogP contribution is 2.34. The number of urea groups is 1. The van der Waals surface area contributed by atoms with Crippen LogP contribution in [0.4, 0.5) is 14.9 Å². The van der Waals surface area contributed by atoms with Crippen LogP contribution in [0.2, 0.25) is 0 Å². The third-order valence-electron chi connectivity index (χ3n) is 6.55. The summed E-state index contributed by atoms with van der Waals surface area (Å²) in [5.41, 5.74) is 3.01. The van der Waals surface area contributed by atoms with Gasteiger partial charge in [-0.25, -0.2) is 13.9 Å². The van der Waals surface area contributed by atoms with Crippen molar-refractivity contribution in [2.45, 2.75) is 52.5 Å². The maximum Gasteiger partial charge on any atom is 0.325 e. The Morgan fingerprint density at radius 3 is 2.36 bits per heavy atom. The maximum absolute atomic E-state index is 13.5. The number of unbranched alkanes of at least 4 members (excludes halogenated alkanes) is 1. The molecule has 2 aromatic carbocycles. The summed E-state index contributed by atoms with van der Waals surface area (Å²) in [6.07, 6.45) is 1.81. The minimum atomic E-state index is -1.33. The smallest absolute Gasteiger partial charge is 0.321 e. The lowest BCUT2D eigenvalue weighted by Crippen LogP contribution is -2.44. The monoisotopic (exact) mass is 491 g/mol. The minimum absolute atomic E-state index is 0.347. The van der Waals surface area contributed by atoms with Crippen LogP contribution in [0.25, 0.3) is 5.69 Å². The third kappa shape index (κ3) is 4.60. The molecule has 2 heterocycles. The van der Waals surface area contributed by atoms with Crippen molar-refractivity contribution in [2.24, 2.45) is 0 Å². The predicted molar refractivity (Wildman–Crippen MR) is 134 cm³/mol. The molecular formula is C27H30FN5O3. The first-order chi connectivity index (χ1) is 17.2. The van der Waals surface area contributed by atoms with Gasteiger partial charge in [-0.15, -0.1) is 0 Å². The Morgan fingerprint density at radius 1 is 1.06 bits per heavy atom. The number of aromatic nitrogens is 2. The number of hydrogen-bond donors (Lipinski definition) is 2. The Kier molecular flexibility index (Phi) is 6.92. The first-order valence-electron chi connectivity index (χ1n) is 12.0. The van der Waals surface area contributed by atoms with Crippen LogP contribution < -0.4 is 10.6 Å². The van der Waals surface area contributed by atoms with E-state index in [-0.39, 0.29) is 0 Å². The number of nitrogens with one attached hydrogen (secondary N) is 2. The number of halogens is 1. The number of rotatable bonds is 8. The molecule has 188 valence electrons. The molecule has 1 fully saturated rings. The summed E-state index contributed by atoms with van der Waals surface area (Å²) in [6, 6.07) is 12.7. The fourth-order valence-electron chi connectivity index (χ4n) is 4.54. The van der Waals surface area contributed by atoms with Crippen LogP contribution in [0.3, 0.4) is 0 Å². The number of nitrogens with zero attached hydrogens (tertiary/aromatic N) is 3. The van der Waals surface area contributed by atoms with Crippen LogP contribution in [0.5, 0.6) is 0 Å². The van der Waals surface area contributed by atoms with Gasteiger partial charge in [0.25, 0.3) is 5.91 Å². The van der Waals surface area contributed by atoms with Gasteiger partial charge >= 0.3 is 6.03 Å². The summed E-state index contributed by atoms with van der Waals surface area (Å²) >= 11 is 0. The quantitative estimate of drug-likeness (QED) is 0.453. The highest BCUT2D eigenvalue weighted by Gasteiger charge is 2.52. The van der Waals surface area contributed by atoms with Crippen molar-refractivity contribution in [3.05, 3.63) is 76.9 Å². The molecule has 0 radical (unpaired) electrons. The fraction of sp³-hybridized carbons (Fsp3) is 0.333. The van der Waals surface area contributed by atoms with Gasteiger partial charge < -0.3 is 10.6 Å². The van der Waals surface area contributed by atoms with E-state index in [2.05, 4.69) is 15.7 Å². The van der Waals surface area contributed by atoms with Crippen molar-refractivity contribution in [2.75, 3.05) is 11.9 Å². The number of anilines is 1. The van der Waals surface area contributed by atoms with Crippen LogP contribution in [-0.2, 0) is 15.1 Å². The standard InChI is InChI=1S/C27H30FN5O3/c1-5-6-15-27(20-9-11-21(28)12-10-20)25(35)32(26(36)30-27)16-23(34)29-24-18(3)31-33(19(24)4)22-13-7-17(2)8-14-22/h7-14H,5-6,15-16H2,1-4H3,(H,29,34)(H,30,36). The molecule has 9 heteroatoms. The Bertz CT molecular complexity index is 1300. The Morgan fingerprint density at radius 2 is 1.72 bits per heavy atom. The van der Waals surface area contributed by atoms with Crippen LogP contribution in [0, 0.1) is 26.6 Å². The van der Waals surface area contributed by atoms with E-state index in [4.69, 9.17) is 0 Å². The second-order valence-corrected chi connectivity index (χ2v) is 9.18. The first kappa shape index (κ1) is 25.1. The van der Waals surface area contributed by atoms with E-state index in [0.29, 0.717) is 29.8 Å². The number of imide groups is 1. The highest BCUT2D eigenvalue weighted by molar-refractivity contribution is 6.10. The molecule has 4 amide bonds. The van der Waals surface area contributed by atoms with E-state index < -0.39 is 35.7 Å². The molecule has 0 saturated carbocycles. The molecule has 1 aromatic heterocycles. The van der Waals surface area contributed by atoms with Crippen molar-refractivity contribution in [3.8, 4) is 5.69 Å². The number of benzene rings is 2. The average Bonchev–Trinajstić information content (AvgIpc) is 3.26. The zero-order valence-corrected chi connectivity index (χ0v) is 20.9. The molecule has 1 aliphatic heterocycles.